The van der Waals surface area contributed by atoms with Gasteiger partial charge in [0.15, 0.2) is 18.3 Å². The molecule has 0 spiro atoms. The molecule has 0 saturated carbocycles. The summed E-state index contributed by atoms with van der Waals surface area (Å²) in [5, 5.41) is 8.46. The molecule has 0 N–H and O–H groups in total. The number of nitrogens with zero attached hydrogens (tertiary/aromatic N) is 3. The van der Waals surface area contributed by atoms with Crippen LogP contribution >= 0.6 is 0 Å². The van der Waals surface area contributed by atoms with Gasteiger partial charge in [0.25, 0.3) is 0 Å². The summed E-state index contributed by atoms with van der Waals surface area (Å²) in [5.41, 5.74) is 0.765. The lowest BCUT2D eigenvalue weighted by Crippen LogP contribution is -2.43. The second-order valence-electron chi connectivity index (χ2n) is 6.45. The van der Waals surface area contributed by atoms with Gasteiger partial charge in [0.05, 0.1) is 11.9 Å². The Morgan fingerprint density at radius 2 is 1.48 bits per heavy atom. The second kappa shape index (κ2) is 10.9. The molecule has 0 aliphatic heterocycles. The lowest BCUT2D eigenvalue weighted by molar-refractivity contribution is -0.190. The molecule has 3 atom stereocenters. The van der Waals surface area contributed by atoms with Crippen LogP contribution in [-0.4, -0.2) is 57.7 Å². The molecular formula is C20H23N3O8. The Bertz CT molecular complexity index is 928. The van der Waals surface area contributed by atoms with Crippen molar-refractivity contribution in [2.75, 3.05) is 6.61 Å². The van der Waals surface area contributed by atoms with Crippen LogP contribution in [0.15, 0.2) is 36.5 Å². The zero-order valence-electron chi connectivity index (χ0n) is 17.5. The van der Waals surface area contributed by atoms with E-state index in [1.165, 1.54) is 17.9 Å². The Balaban J connectivity index is 2.46. The highest BCUT2D eigenvalue weighted by atomic mass is 16.6. The molecule has 2 rings (SSSR count). The molecule has 31 heavy (non-hydrogen) atoms. The van der Waals surface area contributed by atoms with Crippen molar-refractivity contribution < 1.29 is 38.1 Å². The molecule has 11 heteroatoms. The van der Waals surface area contributed by atoms with Gasteiger partial charge in [0.1, 0.15) is 12.3 Å². The van der Waals surface area contributed by atoms with E-state index in [1.807, 2.05) is 6.07 Å². The van der Waals surface area contributed by atoms with Crippen molar-refractivity contribution in [3.05, 3.63) is 42.2 Å². The molecule has 11 nitrogen and oxygen atoms in total. The summed E-state index contributed by atoms with van der Waals surface area (Å²) in [7, 11) is 0. The Morgan fingerprint density at radius 3 is 2.03 bits per heavy atom. The molecule has 0 unspecified atom stereocenters. The van der Waals surface area contributed by atoms with Crippen LogP contribution < -0.4 is 0 Å². The van der Waals surface area contributed by atoms with Crippen LogP contribution in [0.5, 0.6) is 0 Å². The molecule has 0 aliphatic carbocycles. The highest BCUT2D eigenvalue weighted by Gasteiger charge is 2.40. The molecule has 0 bridgehead atoms. The first-order chi connectivity index (χ1) is 14.7. The van der Waals surface area contributed by atoms with Crippen molar-refractivity contribution >= 4 is 23.9 Å². The predicted octanol–water partition coefficient (Wildman–Crippen LogP) is 1.30. The SMILES string of the molecule is CC(=O)OC[C@@H](OC(C)=O)[C@@H](OC(C)=O)[C@H](OC(C)=O)c1cnn(-c2ccccc2)n1. The summed E-state index contributed by atoms with van der Waals surface area (Å²) in [4.78, 5) is 47.8. The molecule has 2 aromatic rings. The van der Waals surface area contributed by atoms with Gasteiger partial charge in [-0.25, -0.2) is 0 Å². The summed E-state index contributed by atoms with van der Waals surface area (Å²) >= 11 is 0. The van der Waals surface area contributed by atoms with E-state index in [0.717, 1.165) is 20.8 Å². The zero-order chi connectivity index (χ0) is 23.0. The third kappa shape index (κ3) is 7.21. The second-order valence-corrected chi connectivity index (χ2v) is 6.45. The van der Waals surface area contributed by atoms with E-state index >= 15 is 0 Å². The minimum atomic E-state index is -1.36. The number of hydrogen-bond donors (Lipinski definition) is 0. The van der Waals surface area contributed by atoms with E-state index in [9.17, 15) is 19.2 Å². The van der Waals surface area contributed by atoms with Gasteiger partial charge < -0.3 is 18.9 Å². The normalized spacial score (nSPS) is 13.4. The fourth-order valence-corrected chi connectivity index (χ4v) is 2.70. The maximum absolute atomic E-state index is 11.8. The topological polar surface area (TPSA) is 136 Å². The highest BCUT2D eigenvalue weighted by Crippen LogP contribution is 2.27. The minimum absolute atomic E-state index is 0.130. The van der Waals surface area contributed by atoms with Crippen LogP contribution in [0.25, 0.3) is 5.69 Å². The average molecular weight is 433 g/mol. The van der Waals surface area contributed by atoms with Gasteiger partial charge in [-0.3, -0.25) is 19.2 Å². The van der Waals surface area contributed by atoms with Crippen molar-refractivity contribution in [3.8, 4) is 5.69 Å². The Hall–Kier alpha value is -3.76. The fourth-order valence-electron chi connectivity index (χ4n) is 2.70. The van der Waals surface area contributed by atoms with E-state index < -0.39 is 48.8 Å². The maximum atomic E-state index is 11.8. The quantitative estimate of drug-likeness (QED) is 0.420. The number of para-hydroxylation sites is 1. The van der Waals surface area contributed by atoms with E-state index in [0.29, 0.717) is 5.69 Å². The Morgan fingerprint density at radius 1 is 0.871 bits per heavy atom. The number of rotatable bonds is 9. The van der Waals surface area contributed by atoms with Crippen LogP contribution in [0.4, 0.5) is 0 Å². The molecule has 0 amide bonds. The van der Waals surface area contributed by atoms with Gasteiger partial charge in [-0.15, -0.1) is 5.10 Å². The van der Waals surface area contributed by atoms with E-state index in [1.54, 1.807) is 24.3 Å². The molecule has 166 valence electrons. The molecule has 0 aliphatic rings. The number of carbonyl (C=O) groups is 4. The molecule has 0 radical (unpaired) electrons. The van der Waals surface area contributed by atoms with Crippen molar-refractivity contribution in [1.29, 1.82) is 0 Å². The third-order valence-corrected chi connectivity index (χ3v) is 3.82. The predicted molar refractivity (Wildman–Crippen MR) is 104 cm³/mol. The van der Waals surface area contributed by atoms with Gasteiger partial charge >= 0.3 is 23.9 Å². The van der Waals surface area contributed by atoms with Crippen molar-refractivity contribution in [2.45, 2.75) is 46.0 Å². The smallest absolute Gasteiger partial charge is 0.303 e. The van der Waals surface area contributed by atoms with E-state index in [-0.39, 0.29) is 5.69 Å². The summed E-state index contributed by atoms with van der Waals surface area (Å²) in [6, 6.07) is 8.93. The molecule has 1 heterocycles. The number of hydrogen-bond acceptors (Lipinski definition) is 10. The monoisotopic (exact) mass is 433 g/mol. The third-order valence-electron chi connectivity index (χ3n) is 3.82. The Kier molecular flexibility index (Phi) is 8.24. The van der Waals surface area contributed by atoms with Crippen LogP contribution in [0.3, 0.4) is 0 Å². The van der Waals surface area contributed by atoms with Crippen LogP contribution in [0.2, 0.25) is 0 Å². The molecular weight excluding hydrogens is 410 g/mol. The average Bonchev–Trinajstić information content (AvgIpc) is 3.18. The van der Waals surface area contributed by atoms with Gasteiger partial charge in [0.2, 0.25) is 0 Å². The van der Waals surface area contributed by atoms with Crippen molar-refractivity contribution in [2.24, 2.45) is 0 Å². The standard InChI is InChI=1S/C20H23N3O8/c1-12(24)28-11-18(29-13(2)25)20(31-15(4)27)19(30-14(3)26)17-10-21-23(22-17)16-8-6-5-7-9-16/h5-10,18-20H,11H2,1-4H3/t18-,19-,20-/m1/s1. The van der Waals surface area contributed by atoms with Gasteiger partial charge in [-0.05, 0) is 12.1 Å². The van der Waals surface area contributed by atoms with Crippen molar-refractivity contribution in [1.82, 2.24) is 15.0 Å². The maximum Gasteiger partial charge on any atom is 0.303 e. The molecule has 1 aromatic carbocycles. The first kappa shape index (κ1) is 23.5. The van der Waals surface area contributed by atoms with E-state index in [4.69, 9.17) is 18.9 Å². The van der Waals surface area contributed by atoms with Crippen LogP contribution in [0, 0.1) is 0 Å². The molecule has 0 fully saturated rings. The van der Waals surface area contributed by atoms with Gasteiger partial charge in [-0.1, -0.05) is 18.2 Å². The summed E-state index contributed by atoms with van der Waals surface area (Å²) in [6.45, 7) is 4.16. The van der Waals surface area contributed by atoms with Gasteiger partial charge in [-0.2, -0.15) is 9.90 Å². The molecule has 0 saturated heterocycles. The summed E-state index contributed by atoms with van der Waals surface area (Å²) in [5.74, 6) is -2.80. The van der Waals surface area contributed by atoms with Crippen LogP contribution in [0.1, 0.15) is 39.5 Å². The van der Waals surface area contributed by atoms with Crippen molar-refractivity contribution in [3.63, 3.8) is 0 Å². The lowest BCUT2D eigenvalue weighted by atomic mass is 10.1. The highest BCUT2D eigenvalue weighted by molar-refractivity contribution is 5.69. The first-order valence-corrected chi connectivity index (χ1v) is 9.30. The number of carbonyl (C=O) groups excluding carboxylic acids is 4. The number of esters is 4. The lowest BCUT2D eigenvalue weighted by Gasteiger charge is -2.30. The molecule has 1 aromatic heterocycles. The van der Waals surface area contributed by atoms with E-state index in [2.05, 4.69) is 10.2 Å². The largest absolute Gasteiger partial charge is 0.462 e. The fraction of sp³-hybridized carbons (Fsp3) is 0.400. The van der Waals surface area contributed by atoms with Gasteiger partial charge in [0, 0.05) is 27.7 Å². The Labute approximate surface area is 178 Å². The first-order valence-electron chi connectivity index (χ1n) is 9.30. The number of ether oxygens (including phenoxy) is 4. The summed E-state index contributed by atoms with van der Waals surface area (Å²) in [6.07, 6.45) is -2.59. The minimum Gasteiger partial charge on any atom is -0.462 e. The van der Waals surface area contributed by atoms with Crippen LogP contribution in [-0.2, 0) is 38.1 Å². The zero-order valence-corrected chi connectivity index (χ0v) is 17.5. The number of aromatic nitrogens is 3. The number of benzene rings is 1. The summed E-state index contributed by atoms with van der Waals surface area (Å²) < 4.78 is 20.8.